The van der Waals surface area contributed by atoms with Gasteiger partial charge in [0.05, 0.1) is 0 Å². The van der Waals surface area contributed by atoms with E-state index in [1.807, 2.05) is 0 Å². The molecule has 0 amide bonds. The zero-order chi connectivity index (χ0) is 13.6. The van der Waals surface area contributed by atoms with Gasteiger partial charge < -0.3 is 0 Å². The van der Waals surface area contributed by atoms with Gasteiger partial charge in [-0.3, -0.25) is 0 Å². The van der Waals surface area contributed by atoms with Crippen LogP contribution >= 0.6 is 0 Å². The van der Waals surface area contributed by atoms with Gasteiger partial charge in [0.15, 0.2) is 0 Å². The third kappa shape index (κ3) is 1.92. The minimum absolute atomic E-state index is 0.582. The lowest BCUT2D eigenvalue weighted by molar-refractivity contribution is 0.869. The van der Waals surface area contributed by atoms with Crippen LogP contribution in [0, 0.1) is 13.8 Å². The molecule has 0 unspecified atom stereocenters. The Morgan fingerprint density at radius 3 is 2.16 bits per heavy atom. The first kappa shape index (κ1) is 12.2. The molecule has 0 saturated heterocycles. The average Bonchev–Trinajstić information content (AvgIpc) is 2.41. The molecule has 0 N–H and O–H groups in total. The fourth-order valence-electron chi connectivity index (χ4n) is 2.88. The summed E-state index contributed by atoms with van der Waals surface area (Å²) < 4.78 is 0. The van der Waals surface area contributed by atoms with Gasteiger partial charge in [0.1, 0.15) is 0 Å². The normalized spacial score (nSPS) is 11.6. The van der Waals surface area contributed by atoms with Crippen molar-refractivity contribution in [2.75, 3.05) is 0 Å². The largest absolute Gasteiger partial charge is 0.0587 e. The molecule has 0 atom stereocenters. The Balaban J connectivity index is 2.44. The van der Waals surface area contributed by atoms with Crippen LogP contribution in [0.25, 0.3) is 21.5 Å². The number of rotatable bonds is 1. The van der Waals surface area contributed by atoms with Crippen LogP contribution in [0.3, 0.4) is 0 Å². The minimum atomic E-state index is 0.582. The Morgan fingerprint density at radius 1 is 0.737 bits per heavy atom. The highest BCUT2D eigenvalue weighted by atomic mass is 14.1. The van der Waals surface area contributed by atoms with Crippen molar-refractivity contribution in [3.63, 3.8) is 0 Å². The molecule has 0 spiro atoms. The molecule has 0 nitrogen and oxygen atoms in total. The maximum atomic E-state index is 2.33. The van der Waals surface area contributed by atoms with Gasteiger partial charge in [-0.25, -0.2) is 0 Å². The van der Waals surface area contributed by atoms with E-state index in [-0.39, 0.29) is 0 Å². The van der Waals surface area contributed by atoms with Crippen molar-refractivity contribution in [3.8, 4) is 0 Å². The quantitative estimate of drug-likeness (QED) is 0.482. The molecule has 0 aliphatic carbocycles. The van der Waals surface area contributed by atoms with E-state index < -0.39 is 0 Å². The van der Waals surface area contributed by atoms with E-state index in [0.717, 1.165) is 0 Å². The van der Waals surface area contributed by atoms with Crippen LogP contribution in [0.4, 0.5) is 0 Å². The third-order valence-electron chi connectivity index (χ3n) is 4.11. The Hall–Kier alpha value is -1.82. The Labute approximate surface area is 115 Å². The number of fused-ring (bicyclic) bond motifs is 3. The lowest BCUT2D eigenvalue weighted by Crippen LogP contribution is -1.89. The average molecular weight is 248 g/mol. The van der Waals surface area contributed by atoms with Gasteiger partial charge in [0, 0.05) is 0 Å². The topological polar surface area (TPSA) is 0 Å². The first-order valence-electron chi connectivity index (χ1n) is 7.00. The molecule has 0 bridgehead atoms. The lowest BCUT2D eigenvalue weighted by atomic mass is 9.93. The molecule has 0 aliphatic heterocycles. The SMILES string of the molecule is Cc1ccc(C)c2c1ccc1cc(C(C)C)ccc12. The monoisotopic (exact) mass is 248 g/mol. The van der Waals surface area contributed by atoms with E-state index in [2.05, 4.69) is 70.2 Å². The molecule has 0 radical (unpaired) electrons. The van der Waals surface area contributed by atoms with Gasteiger partial charge in [-0.05, 0) is 58.0 Å². The molecule has 0 fully saturated rings. The van der Waals surface area contributed by atoms with Crippen molar-refractivity contribution in [3.05, 3.63) is 59.2 Å². The van der Waals surface area contributed by atoms with Gasteiger partial charge in [0.2, 0.25) is 0 Å². The third-order valence-corrected chi connectivity index (χ3v) is 4.11. The summed E-state index contributed by atoms with van der Waals surface area (Å²) in [6, 6.07) is 15.9. The Morgan fingerprint density at radius 2 is 1.42 bits per heavy atom. The second kappa shape index (κ2) is 4.38. The second-order valence-electron chi connectivity index (χ2n) is 5.82. The summed E-state index contributed by atoms with van der Waals surface area (Å²) in [7, 11) is 0. The van der Waals surface area contributed by atoms with Gasteiger partial charge in [-0.15, -0.1) is 0 Å². The minimum Gasteiger partial charge on any atom is -0.0587 e. The summed E-state index contributed by atoms with van der Waals surface area (Å²) >= 11 is 0. The predicted molar refractivity (Wildman–Crippen MR) is 85.0 cm³/mol. The number of benzene rings is 3. The van der Waals surface area contributed by atoms with Crippen molar-refractivity contribution < 1.29 is 0 Å². The van der Waals surface area contributed by atoms with E-state index >= 15 is 0 Å². The number of hydrogen-bond acceptors (Lipinski definition) is 0. The van der Waals surface area contributed by atoms with Gasteiger partial charge in [0.25, 0.3) is 0 Å². The molecule has 0 saturated carbocycles. The fourth-order valence-corrected chi connectivity index (χ4v) is 2.88. The van der Waals surface area contributed by atoms with Gasteiger partial charge in [-0.1, -0.05) is 56.3 Å². The molecule has 3 aromatic rings. The van der Waals surface area contributed by atoms with Gasteiger partial charge >= 0.3 is 0 Å². The van der Waals surface area contributed by atoms with Crippen molar-refractivity contribution >= 4 is 21.5 Å². The van der Waals surface area contributed by atoms with E-state index in [0.29, 0.717) is 5.92 Å². The molecule has 0 heterocycles. The zero-order valence-electron chi connectivity index (χ0n) is 12.1. The Kier molecular flexibility index (Phi) is 2.82. The van der Waals surface area contributed by atoms with Crippen molar-refractivity contribution in [2.24, 2.45) is 0 Å². The second-order valence-corrected chi connectivity index (χ2v) is 5.82. The predicted octanol–water partition coefficient (Wildman–Crippen LogP) is 5.73. The van der Waals surface area contributed by atoms with Crippen LogP contribution < -0.4 is 0 Å². The van der Waals surface area contributed by atoms with Crippen LogP contribution in [-0.4, -0.2) is 0 Å². The zero-order valence-corrected chi connectivity index (χ0v) is 12.1. The summed E-state index contributed by atoms with van der Waals surface area (Å²) in [6.45, 7) is 8.89. The molecule has 0 aliphatic rings. The fraction of sp³-hybridized carbons (Fsp3) is 0.263. The highest BCUT2D eigenvalue weighted by Crippen LogP contribution is 2.31. The summed E-state index contributed by atoms with van der Waals surface area (Å²) in [6.07, 6.45) is 0. The van der Waals surface area contributed by atoms with Crippen LogP contribution in [0.1, 0.15) is 36.5 Å². The number of hydrogen-bond donors (Lipinski definition) is 0. The maximum absolute atomic E-state index is 2.33. The van der Waals surface area contributed by atoms with E-state index in [1.165, 1.54) is 38.2 Å². The van der Waals surface area contributed by atoms with Crippen LogP contribution in [0.5, 0.6) is 0 Å². The Bertz CT molecular complexity index is 764. The van der Waals surface area contributed by atoms with Crippen molar-refractivity contribution in [2.45, 2.75) is 33.6 Å². The molecule has 3 rings (SSSR count). The molecule has 3 aromatic carbocycles. The first-order chi connectivity index (χ1) is 9.08. The van der Waals surface area contributed by atoms with Crippen LogP contribution in [-0.2, 0) is 0 Å². The molecule has 19 heavy (non-hydrogen) atoms. The summed E-state index contributed by atoms with van der Waals surface area (Å²) in [4.78, 5) is 0. The maximum Gasteiger partial charge on any atom is -0.00735 e. The van der Waals surface area contributed by atoms with Crippen LogP contribution in [0.15, 0.2) is 42.5 Å². The summed E-state index contributed by atoms with van der Waals surface area (Å²) in [5.74, 6) is 0.582. The molecular weight excluding hydrogens is 228 g/mol. The first-order valence-corrected chi connectivity index (χ1v) is 7.00. The molecule has 0 aromatic heterocycles. The highest BCUT2D eigenvalue weighted by molar-refractivity contribution is 6.10. The number of aryl methyl sites for hydroxylation is 2. The van der Waals surface area contributed by atoms with E-state index in [1.54, 1.807) is 0 Å². The molecule has 96 valence electrons. The smallest absolute Gasteiger partial charge is 0.00735 e. The highest BCUT2D eigenvalue weighted by Gasteiger charge is 2.07. The summed E-state index contributed by atoms with van der Waals surface area (Å²) in [5, 5.41) is 5.52. The molecule has 0 heteroatoms. The molecular formula is C19H20. The summed E-state index contributed by atoms with van der Waals surface area (Å²) in [5.41, 5.74) is 4.14. The standard InChI is InChI=1S/C19H20/c1-12(2)15-7-10-18-16(11-15)8-9-17-13(3)5-6-14(4)19(17)18/h5-12H,1-4H3. The van der Waals surface area contributed by atoms with Crippen molar-refractivity contribution in [1.82, 2.24) is 0 Å². The lowest BCUT2D eigenvalue weighted by Gasteiger charge is -2.12. The van der Waals surface area contributed by atoms with Crippen molar-refractivity contribution in [1.29, 1.82) is 0 Å². The van der Waals surface area contributed by atoms with Gasteiger partial charge in [-0.2, -0.15) is 0 Å². The van der Waals surface area contributed by atoms with Crippen LogP contribution in [0.2, 0.25) is 0 Å². The van der Waals surface area contributed by atoms with E-state index in [4.69, 9.17) is 0 Å². The van der Waals surface area contributed by atoms with E-state index in [9.17, 15) is 0 Å².